The largest absolute Gasteiger partial charge is 0.352 e. The number of carbonyl (C=O) groups excluding carboxylic acids is 1. The second-order valence-electron chi connectivity index (χ2n) is 6.57. The first-order valence-corrected chi connectivity index (χ1v) is 8.83. The number of nitrogens with one attached hydrogen (secondary N) is 1. The Bertz CT molecular complexity index is 779. The fraction of sp³-hybridized carbons (Fsp3) is 0.556. The minimum atomic E-state index is -0.0385. The summed E-state index contributed by atoms with van der Waals surface area (Å²) in [6, 6.07) is 7.84. The number of imidazole rings is 1. The lowest BCUT2D eigenvalue weighted by atomic mass is 10.2. The average molecular weight is 367 g/mol. The molecule has 1 aromatic carbocycles. The number of amides is 1. The molecule has 3 N–H and O–H groups in total. The molecule has 3 rings (SSSR count). The van der Waals surface area contributed by atoms with Gasteiger partial charge < -0.3 is 11.1 Å². The fourth-order valence-corrected chi connectivity index (χ4v) is 3.29. The molecule has 1 atom stereocenters. The molecule has 0 saturated heterocycles. The van der Waals surface area contributed by atoms with Gasteiger partial charge >= 0.3 is 5.69 Å². The average Bonchev–Trinajstić information content (AvgIpc) is 3.39. The standard InChI is InChI=1S/C18H26N4O2.ClH/c1-2-10-21-15-5-3-4-6-16(15)22(18(21)24)11-9-17(23)20-14(12-19)13-7-8-13;/h3-6,13-14H,2,7-12,19H2,1H3,(H,20,23);1H. The maximum absolute atomic E-state index is 12.7. The highest BCUT2D eigenvalue weighted by molar-refractivity contribution is 5.85. The molecule has 2 aromatic rings. The van der Waals surface area contributed by atoms with Crippen molar-refractivity contribution in [3.63, 3.8) is 0 Å². The van der Waals surface area contributed by atoms with E-state index in [1.165, 1.54) is 0 Å². The van der Waals surface area contributed by atoms with Gasteiger partial charge in [0.1, 0.15) is 0 Å². The summed E-state index contributed by atoms with van der Waals surface area (Å²) in [6.45, 7) is 3.61. The quantitative estimate of drug-likeness (QED) is 0.748. The van der Waals surface area contributed by atoms with Gasteiger partial charge in [0.25, 0.3) is 0 Å². The van der Waals surface area contributed by atoms with Crippen LogP contribution in [0.1, 0.15) is 32.6 Å². The monoisotopic (exact) mass is 366 g/mol. The predicted molar refractivity (Wildman–Crippen MR) is 102 cm³/mol. The van der Waals surface area contributed by atoms with E-state index in [1.54, 1.807) is 9.13 Å². The van der Waals surface area contributed by atoms with Crippen LogP contribution < -0.4 is 16.7 Å². The Balaban J connectivity index is 0.00000225. The highest BCUT2D eigenvalue weighted by Crippen LogP contribution is 2.32. The number of benzene rings is 1. The van der Waals surface area contributed by atoms with Crippen LogP contribution in [-0.4, -0.2) is 27.6 Å². The van der Waals surface area contributed by atoms with Crippen LogP contribution in [0.2, 0.25) is 0 Å². The minimum absolute atomic E-state index is 0. The molecule has 1 heterocycles. The van der Waals surface area contributed by atoms with E-state index in [0.29, 0.717) is 32.0 Å². The topological polar surface area (TPSA) is 82.0 Å². The van der Waals surface area contributed by atoms with Crippen LogP contribution in [0.4, 0.5) is 0 Å². The Labute approximate surface area is 153 Å². The number of aromatic nitrogens is 2. The molecular formula is C18H27ClN4O2. The Kier molecular flexibility index (Phi) is 6.67. The Morgan fingerprint density at radius 1 is 1.24 bits per heavy atom. The SMILES string of the molecule is CCCn1c(=O)n(CCC(=O)NC(CN)C2CC2)c2ccccc21.Cl. The molecule has 0 radical (unpaired) electrons. The molecule has 0 spiro atoms. The number of hydrogen-bond donors (Lipinski definition) is 2. The zero-order valence-corrected chi connectivity index (χ0v) is 15.4. The number of para-hydroxylation sites is 2. The molecule has 0 bridgehead atoms. The number of carbonyl (C=O) groups is 1. The summed E-state index contributed by atoms with van der Waals surface area (Å²) in [4.78, 5) is 24.9. The molecule has 1 aliphatic carbocycles. The van der Waals surface area contributed by atoms with E-state index in [0.717, 1.165) is 30.3 Å². The van der Waals surface area contributed by atoms with Crippen LogP contribution in [0.3, 0.4) is 0 Å². The molecule has 25 heavy (non-hydrogen) atoms. The normalized spacial score (nSPS) is 15.0. The van der Waals surface area contributed by atoms with Gasteiger partial charge in [0.05, 0.1) is 11.0 Å². The summed E-state index contributed by atoms with van der Waals surface area (Å²) in [5.41, 5.74) is 7.52. The first-order valence-electron chi connectivity index (χ1n) is 8.83. The van der Waals surface area contributed by atoms with Gasteiger partial charge in [-0.3, -0.25) is 13.9 Å². The molecule has 0 aliphatic heterocycles. The van der Waals surface area contributed by atoms with Crippen molar-refractivity contribution in [2.75, 3.05) is 6.54 Å². The highest BCUT2D eigenvalue weighted by Gasteiger charge is 2.31. The summed E-state index contributed by atoms with van der Waals surface area (Å²) in [7, 11) is 0. The zero-order valence-electron chi connectivity index (χ0n) is 14.6. The van der Waals surface area contributed by atoms with E-state index in [4.69, 9.17) is 5.73 Å². The third-order valence-electron chi connectivity index (χ3n) is 4.73. The maximum atomic E-state index is 12.7. The minimum Gasteiger partial charge on any atom is -0.352 e. The van der Waals surface area contributed by atoms with E-state index in [9.17, 15) is 9.59 Å². The van der Waals surface area contributed by atoms with Gasteiger partial charge in [-0.15, -0.1) is 12.4 Å². The van der Waals surface area contributed by atoms with E-state index in [-0.39, 0.29) is 30.0 Å². The number of nitrogens with zero attached hydrogens (tertiary/aromatic N) is 2. The van der Waals surface area contributed by atoms with Crippen LogP contribution in [0.5, 0.6) is 0 Å². The Morgan fingerprint density at radius 3 is 2.36 bits per heavy atom. The van der Waals surface area contributed by atoms with Crippen LogP contribution in [-0.2, 0) is 17.9 Å². The summed E-state index contributed by atoms with van der Waals surface area (Å²) in [5.74, 6) is 0.504. The Morgan fingerprint density at radius 2 is 1.84 bits per heavy atom. The van der Waals surface area contributed by atoms with Gasteiger partial charge in [0.2, 0.25) is 5.91 Å². The van der Waals surface area contributed by atoms with E-state index < -0.39 is 0 Å². The van der Waals surface area contributed by atoms with Gasteiger partial charge in [-0.1, -0.05) is 19.1 Å². The molecule has 1 amide bonds. The summed E-state index contributed by atoms with van der Waals surface area (Å²) < 4.78 is 3.50. The molecule has 1 saturated carbocycles. The first-order chi connectivity index (χ1) is 11.7. The molecular weight excluding hydrogens is 340 g/mol. The van der Waals surface area contributed by atoms with Gasteiger partial charge in [-0.25, -0.2) is 4.79 Å². The van der Waals surface area contributed by atoms with Gasteiger partial charge in [-0.05, 0) is 37.3 Å². The second-order valence-corrected chi connectivity index (χ2v) is 6.57. The first kappa shape index (κ1) is 19.5. The molecule has 138 valence electrons. The van der Waals surface area contributed by atoms with Crippen molar-refractivity contribution in [2.24, 2.45) is 11.7 Å². The maximum Gasteiger partial charge on any atom is 0.329 e. The summed E-state index contributed by atoms with van der Waals surface area (Å²) >= 11 is 0. The molecule has 1 fully saturated rings. The van der Waals surface area contributed by atoms with Crippen molar-refractivity contribution in [1.82, 2.24) is 14.5 Å². The van der Waals surface area contributed by atoms with Crippen molar-refractivity contribution < 1.29 is 4.79 Å². The van der Waals surface area contributed by atoms with Crippen molar-refractivity contribution in [3.8, 4) is 0 Å². The number of nitrogens with two attached hydrogens (primary N) is 1. The number of halogens is 1. The van der Waals surface area contributed by atoms with Crippen LogP contribution >= 0.6 is 12.4 Å². The lowest BCUT2D eigenvalue weighted by molar-refractivity contribution is -0.122. The molecule has 1 unspecified atom stereocenters. The number of rotatable bonds is 8. The highest BCUT2D eigenvalue weighted by atomic mass is 35.5. The molecule has 1 aromatic heterocycles. The van der Waals surface area contributed by atoms with Gasteiger partial charge in [0.15, 0.2) is 0 Å². The van der Waals surface area contributed by atoms with Gasteiger partial charge in [0, 0.05) is 32.1 Å². The smallest absolute Gasteiger partial charge is 0.329 e. The third kappa shape index (κ3) is 4.25. The number of hydrogen-bond acceptors (Lipinski definition) is 3. The zero-order chi connectivity index (χ0) is 17.1. The second kappa shape index (κ2) is 8.54. The number of aryl methyl sites for hydroxylation is 2. The number of fused-ring (bicyclic) bond motifs is 1. The van der Waals surface area contributed by atoms with Crippen LogP contribution in [0.25, 0.3) is 11.0 Å². The Hall–Kier alpha value is -1.79. The summed E-state index contributed by atoms with van der Waals surface area (Å²) in [5, 5.41) is 3.01. The molecule has 6 nitrogen and oxygen atoms in total. The van der Waals surface area contributed by atoms with Crippen LogP contribution in [0.15, 0.2) is 29.1 Å². The lowest BCUT2D eigenvalue weighted by Gasteiger charge is -2.16. The third-order valence-corrected chi connectivity index (χ3v) is 4.73. The molecule has 7 heteroatoms. The fourth-order valence-electron chi connectivity index (χ4n) is 3.29. The van der Waals surface area contributed by atoms with Crippen molar-refractivity contribution >= 4 is 29.3 Å². The predicted octanol–water partition coefficient (Wildman–Crippen LogP) is 1.88. The summed E-state index contributed by atoms with van der Waals surface area (Å²) in [6.07, 6.45) is 3.48. The van der Waals surface area contributed by atoms with Crippen molar-refractivity contribution in [1.29, 1.82) is 0 Å². The van der Waals surface area contributed by atoms with Crippen molar-refractivity contribution in [2.45, 2.75) is 51.7 Å². The van der Waals surface area contributed by atoms with Crippen LogP contribution in [0, 0.1) is 5.92 Å². The van der Waals surface area contributed by atoms with E-state index in [1.807, 2.05) is 24.3 Å². The van der Waals surface area contributed by atoms with E-state index in [2.05, 4.69) is 12.2 Å². The molecule has 1 aliphatic rings. The van der Waals surface area contributed by atoms with E-state index >= 15 is 0 Å². The van der Waals surface area contributed by atoms with Gasteiger partial charge in [-0.2, -0.15) is 0 Å². The lowest BCUT2D eigenvalue weighted by Crippen LogP contribution is -2.42. The van der Waals surface area contributed by atoms with Crippen molar-refractivity contribution in [3.05, 3.63) is 34.7 Å².